The van der Waals surface area contributed by atoms with Crippen LogP contribution < -0.4 is 0 Å². The molecule has 0 aliphatic carbocycles. The van der Waals surface area contributed by atoms with Gasteiger partial charge in [-0.25, -0.2) is 0 Å². The summed E-state index contributed by atoms with van der Waals surface area (Å²) in [6, 6.07) is 14.4. The molecule has 1 aromatic heterocycles. The van der Waals surface area contributed by atoms with Gasteiger partial charge in [-0.1, -0.05) is 44.2 Å². The highest BCUT2D eigenvalue weighted by molar-refractivity contribution is 7.98. The van der Waals surface area contributed by atoms with Crippen molar-refractivity contribution in [3.8, 4) is 11.3 Å². The van der Waals surface area contributed by atoms with Crippen LogP contribution in [0.15, 0.2) is 47.4 Å². The van der Waals surface area contributed by atoms with E-state index in [4.69, 9.17) is 0 Å². The van der Waals surface area contributed by atoms with Crippen LogP contribution in [-0.4, -0.2) is 22.3 Å². The molecule has 0 unspecified atom stereocenters. The van der Waals surface area contributed by atoms with E-state index in [1.165, 1.54) is 10.5 Å². The normalized spacial score (nSPS) is 11.3. The zero-order chi connectivity index (χ0) is 17.3. The Bertz CT molecular complexity index is 879. The predicted molar refractivity (Wildman–Crippen MR) is 101 cm³/mol. The van der Waals surface area contributed by atoms with Crippen LogP contribution in [-0.2, 0) is 11.2 Å². The van der Waals surface area contributed by atoms with E-state index in [2.05, 4.69) is 49.2 Å². The lowest BCUT2D eigenvalue weighted by atomic mass is 9.98. The lowest BCUT2D eigenvalue weighted by Crippen LogP contribution is -2.01. The summed E-state index contributed by atoms with van der Waals surface area (Å²) >= 11 is 1.69. The van der Waals surface area contributed by atoms with Gasteiger partial charge in [0.05, 0.1) is 12.1 Å². The molecule has 0 saturated carbocycles. The predicted octanol–water partition coefficient (Wildman–Crippen LogP) is 5.31. The Morgan fingerprint density at radius 2 is 1.88 bits per heavy atom. The van der Waals surface area contributed by atoms with Gasteiger partial charge in [0.1, 0.15) is 0 Å². The number of H-pyrrole nitrogens is 1. The van der Waals surface area contributed by atoms with E-state index in [0.29, 0.717) is 5.92 Å². The van der Waals surface area contributed by atoms with Crippen LogP contribution in [0.25, 0.3) is 22.2 Å². The second-order valence-electron chi connectivity index (χ2n) is 6.20. The summed E-state index contributed by atoms with van der Waals surface area (Å²) in [7, 11) is 0. The van der Waals surface area contributed by atoms with Crippen molar-refractivity contribution >= 4 is 28.6 Å². The third-order valence-corrected chi connectivity index (χ3v) is 5.05. The number of benzene rings is 2. The van der Waals surface area contributed by atoms with Gasteiger partial charge in [-0.15, -0.1) is 11.8 Å². The van der Waals surface area contributed by atoms with Crippen molar-refractivity contribution < 1.29 is 9.90 Å². The molecule has 24 heavy (non-hydrogen) atoms. The van der Waals surface area contributed by atoms with Crippen LogP contribution in [0.1, 0.15) is 30.9 Å². The van der Waals surface area contributed by atoms with Crippen molar-refractivity contribution in [2.75, 3.05) is 6.26 Å². The van der Waals surface area contributed by atoms with Crippen LogP contribution in [0.5, 0.6) is 0 Å². The van der Waals surface area contributed by atoms with Crippen LogP contribution in [0, 0.1) is 0 Å². The fourth-order valence-corrected chi connectivity index (χ4v) is 3.52. The van der Waals surface area contributed by atoms with Gasteiger partial charge in [-0.3, -0.25) is 4.79 Å². The average Bonchev–Trinajstić information content (AvgIpc) is 2.92. The first kappa shape index (κ1) is 16.7. The minimum atomic E-state index is -0.812. The molecule has 0 spiro atoms. The number of fused-ring (bicyclic) bond motifs is 1. The molecule has 3 rings (SSSR count). The molecule has 0 aliphatic rings. The molecule has 0 radical (unpaired) electrons. The van der Waals surface area contributed by atoms with Gasteiger partial charge in [-0.05, 0) is 41.0 Å². The Morgan fingerprint density at radius 3 is 2.46 bits per heavy atom. The Labute approximate surface area is 146 Å². The van der Waals surface area contributed by atoms with E-state index >= 15 is 0 Å². The maximum absolute atomic E-state index is 11.4. The van der Waals surface area contributed by atoms with E-state index < -0.39 is 5.97 Å². The third kappa shape index (κ3) is 3.06. The molecular weight excluding hydrogens is 318 g/mol. The second-order valence-corrected chi connectivity index (χ2v) is 7.08. The number of thioether (sulfide) groups is 1. The van der Waals surface area contributed by atoms with E-state index in [1.807, 2.05) is 18.4 Å². The fourth-order valence-electron chi connectivity index (χ4n) is 3.12. The highest BCUT2D eigenvalue weighted by Gasteiger charge is 2.18. The molecule has 124 valence electrons. The molecule has 0 saturated heterocycles. The molecule has 0 atom stereocenters. The number of aromatic amines is 1. The summed E-state index contributed by atoms with van der Waals surface area (Å²) in [4.78, 5) is 16.1. The summed E-state index contributed by atoms with van der Waals surface area (Å²) in [5, 5.41) is 10.4. The topological polar surface area (TPSA) is 53.1 Å². The molecular formula is C20H21NO2S. The molecule has 2 N–H and O–H groups in total. The quantitative estimate of drug-likeness (QED) is 0.620. The summed E-state index contributed by atoms with van der Waals surface area (Å²) in [6.07, 6.45) is 2.06. The largest absolute Gasteiger partial charge is 0.481 e. The van der Waals surface area contributed by atoms with E-state index in [-0.39, 0.29) is 6.42 Å². The molecule has 0 amide bonds. The third-order valence-electron chi connectivity index (χ3n) is 4.30. The molecule has 3 nitrogen and oxygen atoms in total. The van der Waals surface area contributed by atoms with E-state index in [9.17, 15) is 9.90 Å². The highest BCUT2D eigenvalue weighted by atomic mass is 32.2. The lowest BCUT2D eigenvalue weighted by Gasteiger charge is -2.06. The molecule has 0 aliphatic heterocycles. The van der Waals surface area contributed by atoms with Gasteiger partial charge in [-0.2, -0.15) is 0 Å². The molecule has 2 aromatic carbocycles. The summed E-state index contributed by atoms with van der Waals surface area (Å²) in [5.74, 6) is -0.440. The van der Waals surface area contributed by atoms with Gasteiger partial charge in [0.2, 0.25) is 0 Å². The second kappa shape index (κ2) is 6.73. The minimum absolute atomic E-state index is 0.0150. The number of aromatic nitrogens is 1. The van der Waals surface area contributed by atoms with Crippen molar-refractivity contribution in [1.82, 2.24) is 4.98 Å². The number of carboxylic acid groups (broad SMARTS) is 1. The van der Waals surface area contributed by atoms with Gasteiger partial charge >= 0.3 is 5.97 Å². The Kier molecular flexibility index (Phi) is 4.67. The maximum Gasteiger partial charge on any atom is 0.307 e. The Balaban J connectivity index is 2.24. The molecule has 4 heteroatoms. The molecule has 1 heterocycles. The van der Waals surface area contributed by atoms with Gasteiger partial charge in [0.15, 0.2) is 0 Å². The first-order valence-electron chi connectivity index (χ1n) is 8.01. The number of hydrogen-bond acceptors (Lipinski definition) is 2. The lowest BCUT2D eigenvalue weighted by molar-refractivity contribution is -0.136. The summed E-state index contributed by atoms with van der Waals surface area (Å²) < 4.78 is 0. The van der Waals surface area contributed by atoms with Crippen LogP contribution in [0.4, 0.5) is 0 Å². The van der Waals surface area contributed by atoms with Crippen LogP contribution in [0.3, 0.4) is 0 Å². The zero-order valence-electron chi connectivity index (χ0n) is 14.1. The smallest absolute Gasteiger partial charge is 0.307 e. The Morgan fingerprint density at radius 1 is 1.17 bits per heavy atom. The number of carbonyl (C=O) groups is 1. The van der Waals surface area contributed by atoms with Crippen molar-refractivity contribution in [2.24, 2.45) is 0 Å². The number of carboxylic acids is 1. The molecule has 0 bridgehead atoms. The van der Waals surface area contributed by atoms with E-state index in [0.717, 1.165) is 27.7 Å². The van der Waals surface area contributed by atoms with Gasteiger partial charge in [0.25, 0.3) is 0 Å². The van der Waals surface area contributed by atoms with Gasteiger partial charge in [0, 0.05) is 15.8 Å². The Hall–Kier alpha value is -2.20. The minimum Gasteiger partial charge on any atom is -0.481 e. The number of hydrogen-bond donors (Lipinski definition) is 2. The van der Waals surface area contributed by atoms with Crippen molar-refractivity contribution in [3.05, 3.63) is 53.6 Å². The van der Waals surface area contributed by atoms with Gasteiger partial charge < -0.3 is 10.1 Å². The summed E-state index contributed by atoms with van der Waals surface area (Å²) in [6.45, 7) is 4.30. The SMILES string of the molecule is CSc1ccc(-c2[nH]c3c(C(C)C)cccc3c2CC(=O)O)cc1. The first-order valence-corrected chi connectivity index (χ1v) is 9.23. The van der Waals surface area contributed by atoms with E-state index in [1.54, 1.807) is 11.8 Å². The van der Waals surface area contributed by atoms with Crippen molar-refractivity contribution in [2.45, 2.75) is 31.1 Å². The summed E-state index contributed by atoms with van der Waals surface area (Å²) in [5.41, 5.74) is 5.05. The number of nitrogens with one attached hydrogen (secondary N) is 1. The van der Waals surface area contributed by atoms with Crippen LogP contribution in [0.2, 0.25) is 0 Å². The van der Waals surface area contributed by atoms with Crippen molar-refractivity contribution in [3.63, 3.8) is 0 Å². The maximum atomic E-state index is 11.4. The number of aliphatic carboxylic acids is 1. The van der Waals surface area contributed by atoms with Crippen molar-refractivity contribution in [1.29, 1.82) is 0 Å². The standard InChI is InChI=1S/C20H21NO2S/c1-12(2)15-5-4-6-16-17(11-18(22)23)19(21-20(15)16)13-7-9-14(24-3)10-8-13/h4-10,12,21H,11H2,1-3H3,(H,22,23). The average molecular weight is 339 g/mol. The molecule has 0 fully saturated rings. The molecule has 3 aromatic rings. The fraction of sp³-hybridized carbons (Fsp3) is 0.250. The zero-order valence-corrected chi connectivity index (χ0v) is 14.9. The number of rotatable bonds is 5. The number of para-hydroxylation sites is 1. The highest BCUT2D eigenvalue weighted by Crippen LogP contribution is 2.35. The first-order chi connectivity index (χ1) is 11.5. The monoisotopic (exact) mass is 339 g/mol. The van der Waals surface area contributed by atoms with Crippen LogP contribution >= 0.6 is 11.8 Å².